The lowest BCUT2D eigenvalue weighted by atomic mass is 10.1. The summed E-state index contributed by atoms with van der Waals surface area (Å²) in [6.07, 6.45) is 45.9. The molecule has 1 N–H and O–H groups in total. The molecule has 0 spiro atoms. The van der Waals surface area contributed by atoms with Crippen molar-refractivity contribution in [3.8, 4) is 0 Å². The first-order chi connectivity index (χ1) is 22.6. The van der Waals surface area contributed by atoms with Gasteiger partial charge >= 0.3 is 11.9 Å². The van der Waals surface area contributed by atoms with Crippen LogP contribution in [0.1, 0.15) is 181 Å². The van der Waals surface area contributed by atoms with Crippen molar-refractivity contribution < 1.29 is 24.2 Å². The van der Waals surface area contributed by atoms with E-state index in [1.807, 2.05) is 0 Å². The van der Waals surface area contributed by atoms with E-state index in [4.69, 9.17) is 9.47 Å². The topological polar surface area (TPSA) is 72.8 Å². The summed E-state index contributed by atoms with van der Waals surface area (Å²) >= 11 is 0. The maximum absolute atomic E-state index is 12.2. The first kappa shape index (κ1) is 43.9. The van der Waals surface area contributed by atoms with Gasteiger partial charge in [-0.3, -0.25) is 9.59 Å². The second-order valence-electron chi connectivity index (χ2n) is 12.6. The van der Waals surface area contributed by atoms with E-state index in [0.717, 1.165) is 64.2 Å². The van der Waals surface area contributed by atoms with Gasteiger partial charge in [0, 0.05) is 12.8 Å². The molecule has 0 rings (SSSR count). The Morgan fingerprint density at radius 1 is 0.500 bits per heavy atom. The van der Waals surface area contributed by atoms with Crippen LogP contribution in [-0.2, 0) is 19.1 Å². The van der Waals surface area contributed by atoms with E-state index >= 15 is 0 Å². The molecule has 0 aromatic rings. The molecule has 5 heteroatoms. The van der Waals surface area contributed by atoms with Crippen molar-refractivity contribution in [3.63, 3.8) is 0 Å². The first-order valence-electron chi connectivity index (χ1n) is 19.2. The Bertz CT molecular complexity index is 782. The van der Waals surface area contributed by atoms with Gasteiger partial charge in [0.05, 0.1) is 6.61 Å². The zero-order valence-electron chi connectivity index (χ0n) is 30.1. The van der Waals surface area contributed by atoms with Crippen LogP contribution in [0, 0.1) is 0 Å². The second-order valence-corrected chi connectivity index (χ2v) is 12.6. The summed E-state index contributed by atoms with van der Waals surface area (Å²) in [5, 5.41) is 9.54. The lowest BCUT2D eigenvalue weighted by molar-refractivity contribution is -0.161. The lowest BCUT2D eigenvalue weighted by Gasteiger charge is -2.15. The molecule has 5 nitrogen and oxygen atoms in total. The van der Waals surface area contributed by atoms with Gasteiger partial charge in [-0.05, 0) is 77.0 Å². The summed E-state index contributed by atoms with van der Waals surface area (Å²) in [5.41, 5.74) is 0. The third-order valence-corrected chi connectivity index (χ3v) is 8.10. The summed E-state index contributed by atoms with van der Waals surface area (Å²) in [7, 11) is 0. The van der Waals surface area contributed by atoms with Gasteiger partial charge in [0.25, 0.3) is 0 Å². The van der Waals surface area contributed by atoms with Crippen molar-refractivity contribution in [3.05, 3.63) is 48.6 Å². The van der Waals surface area contributed by atoms with Crippen LogP contribution < -0.4 is 0 Å². The highest BCUT2D eigenvalue weighted by Crippen LogP contribution is 2.12. The number of unbranched alkanes of at least 4 members (excludes halogenated alkanes) is 18. The highest BCUT2D eigenvalue weighted by Gasteiger charge is 2.16. The summed E-state index contributed by atoms with van der Waals surface area (Å²) in [4.78, 5) is 24.2. The SMILES string of the molecule is CCCCC/C=C/C/C=C/CCCCCCCCCC(=O)O[C@@H](CO)COC(=O)CCCCCCC/C=C/C/C=C/CCCCC. The molecule has 1 atom stereocenters. The molecule has 0 fully saturated rings. The monoisotopic (exact) mass is 645 g/mol. The zero-order valence-corrected chi connectivity index (χ0v) is 30.1. The van der Waals surface area contributed by atoms with E-state index in [1.54, 1.807) is 0 Å². The molecule has 0 aliphatic heterocycles. The fourth-order valence-electron chi connectivity index (χ4n) is 5.14. The predicted octanol–water partition coefficient (Wildman–Crippen LogP) is 11.8. The van der Waals surface area contributed by atoms with Gasteiger partial charge in [-0.2, -0.15) is 0 Å². The van der Waals surface area contributed by atoms with E-state index in [-0.39, 0.29) is 25.2 Å². The minimum atomic E-state index is -0.781. The Labute approximate surface area is 284 Å². The Morgan fingerprint density at radius 2 is 0.870 bits per heavy atom. The second kappa shape index (κ2) is 37.3. The van der Waals surface area contributed by atoms with Crippen LogP contribution >= 0.6 is 0 Å². The molecule has 266 valence electrons. The Kier molecular flexibility index (Phi) is 35.6. The number of aliphatic hydroxyl groups excluding tert-OH is 1. The number of hydrogen-bond acceptors (Lipinski definition) is 5. The highest BCUT2D eigenvalue weighted by molar-refractivity contribution is 5.70. The molecular weight excluding hydrogens is 572 g/mol. The predicted molar refractivity (Wildman–Crippen MR) is 196 cm³/mol. The molecule has 0 amide bonds. The van der Waals surface area contributed by atoms with E-state index in [1.165, 1.54) is 89.9 Å². The molecule has 0 aromatic heterocycles. The molecular formula is C41H72O5. The quantitative estimate of drug-likeness (QED) is 0.0429. The van der Waals surface area contributed by atoms with Crippen molar-refractivity contribution in [1.82, 2.24) is 0 Å². The third kappa shape index (κ3) is 34.7. The lowest BCUT2D eigenvalue weighted by Crippen LogP contribution is -2.28. The fraction of sp³-hybridized carbons (Fsp3) is 0.756. The minimum absolute atomic E-state index is 0.0771. The maximum atomic E-state index is 12.2. The summed E-state index contributed by atoms with van der Waals surface area (Å²) in [6.45, 7) is 4.06. The number of hydrogen-bond donors (Lipinski definition) is 1. The minimum Gasteiger partial charge on any atom is -0.462 e. The van der Waals surface area contributed by atoms with Crippen LogP contribution in [0.15, 0.2) is 48.6 Å². The summed E-state index contributed by atoms with van der Waals surface area (Å²) < 4.78 is 10.6. The van der Waals surface area contributed by atoms with Crippen LogP contribution in [0.3, 0.4) is 0 Å². The number of aliphatic hydroxyl groups is 1. The summed E-state index contributed by atoms with van der Waals surface area (Å²) in [5.74, 6) is -0.618. The van der Waals surface area contributed by atoms with Crippen LogP contribution in [0.25, 0.3) is 0 Å². The number of carbonyl (C=O) groups is 2. The summed E-state index contributed by atoms with van der Waals surface area (Å²) in [6, 6.07) is 0. The highest BCUT2D eigenvalue weighted by atomic mass is 16.6. The van der Waals surface area contributed by atoms with E-state index in [9.17, 15) is 14.7 Å². The van der Waals surface area contributed by atoms with Gasteiger partial charge in [-0.25, -0.2) is 0 Å². The van der Waals surface area contributed by atoms with E-state index in [2.05, 4.69) is 62.5 Å². The molecule has 0 bridgehead atoms. The van der Waals surface area contributed by atoms with Crippen molar-refractivity contribution in [1.29, 1.82) is 0 Å². The van der Waals surface area contributed by atoms with Gasteiger partial charge in [0.15, 0.2) is 6.10 Å². The van der Waals surface area contributed by atoms with Gasteiger partial charge in [0.1, 0.15) is 6.61 Å². The van der Waals surface area contributed by atoms with Crippen molar-refractivity contribution in [2.75, 3.05) is 13.2 Å². The Hall–Kier alpha value is -2.14. The van der Waals surface area contributed by atoms with Gasteiger partial charge in [0.2, 0.25) is 0 Å². The molecule has 0 heterocycles. The van der Waals surface area contributed by atoms with Crippen LogP contribution in [0.4, 0.5) is 0 Å². The van der Waals surface area contributed by atoms with Gasteiger partial charge < -0.3 is 14.6 Å². The zero-order chi connectivity index (χ0) is 33.6. The number of ether oxygens (including phenoxy) is 2. The average molecular weight is 645 g/mol. The molecule has 0 radical (unpaired) electrons. The van der Waals surface area contributed by atoms with Crippen molar-refractivity contribution in [2.24, 2.45) is 0 Å². The number of rotatable bonds is 34. The van der Waals surface area contributed by atoms with Gasteiger partial charge in [-0.15, -0.1) is 0 Å². The van der Waals surface area contributed by atoms with Crippen LogP contribution in [0.5, 0.6) is 0 Å². The van der Waals surface area contributed by atoms with Crippen molar-refractivity contribution in [2.45, 2.75) is 187 Å². The number of allylic oxidation sites excluding steroid dienone is 8. The Morgan fingerprint density at radius 3 is 1.28 bits per heavy atom. The molecule has 0 aliphatic rings. The number of esters is 2. The molecule has 0 saturated carbocycles. The molecule has 0 saturated heterocycles. The fourth-order valence-corrected chi connectivity index (χ4v) is 5.14. The van der Waals surface area contributed by atoms with Crippen LogP contribution in [-0.4, -0.2) is 36.4 Å². The molecule has 46 heavy (non-hydrogen) atoms. The molecule has 0 aromatic carbocycles. The molecule has 0 unspecified atom stereocenters. The van der Waals surface area contributed by atoms with E-state index < -0.39 is 6.10 Å². The Balaban J connectivity index is 3.61. The molecule has 0 aliphatic carbocycles. The first-order valence-corrected chi connectivity index (χ1v) is 19.2. The van der Waals surface area contributed by atoms with Gasteiger partial charge in [-0.1, -0.05) is 140 Å². The normalized spacial score (nSPS) is 12.7. The van der Waals surface area contributed by atoms with E-state index in [0.29, 0.717) is 12.8 Å². The standard InChI is InChI=1S/C41H72O5/c1-3-5-7-9-11-13-15-17-19-20-22-24-26-28-30-32-34-36-41(44)46-39(37-42)38-45-40(43)35-33-31-29-27-25-23-21-18-16-14-12-10-8-6-4-2/h11-14,17-19,21,39,42H,3-10,15-16,20,22-38H2,1-2H3/b13-11+,14-12+,19-17+,21-18+/t39-/m0/s1. The number of carbonyl (C=O) groups excluding carboxylic acids is 2. The smallest absolute Gasteiger partial charge is 0.306 e. The third-order valence-electron chi connectivity index (χ3n) is 8.10. The maximum Gasteiger partial charge on any atom is 0.306 e. The van der Waals surface area contributed by atoms with Crippen LogP contribution in [0.2, 0.25) is 0 Å². The largest absolute Gasteiger partial charge is 0.462 e. The average Bonchev–Trinajstić information content (AvgIpc) is 3.06. The van der Waals surface area contributed by atoms with Crippen molar-refractivity contribution >= 4 is 11.9 Å².